The summed E-state index contributed by atoms with van der Waals surface area (Å²) in [6.07, 6.45) is 2.17. The second-order valence-corrected chi connectivity index (χ2v) is 7.03. The highest BCUT2D eigenvalue weighted by Crippen LogP contribution is 2.36. The number of hydrogen-bond donors (Lipinski definition) is 2. The van der Waals surface area contributed by atoms with Gasteiger partial charge in [-0.1, -0.05) is 17.7 Å². The van der Waals surface area contributed by atoms with Gasteiger partial charge < -0.3 is 20.7 Å². The van der Waals surface area contributed by atoms with Gasteiger partial charge in [-0.15, -0.1) is 0 Å². The maximum atomic E-state index is 14.6. The monoisotopic (exact) mass is 387 g/mol. The van der Waals surface area contributed by atoms with Crippen LogP contribution >= 0.6 is 11.6 Å². The Kier molecular flexibility index (Phi) is 5.62. The third kappa shape index (κ3) is 3.76. The summed E-state index contributed by atoms with van der Waals surface area (Å²) in [5.41, 5.74) is 5.39. The molecule has 0 aliphatic carbocycles. The lowest BCUT2D eigenvalue weighted by Gasteiger charge is -2.32. The molecule has 142 valence electrons. The first-order chi connectivity index (χ1) is 12.4. The zero-order valence-electron chi connectivity index (χ0n) is 14.0. The minimum Gasteiger partial charge on any atom is -0.381 e. The van der Waals surface area contributed by atoms with Crippen molar-refractivity contribution < 1.29 is 23.1 Å². The molecule has 1 aromatic rings. The molecule has 0 saturated carbocycles. The maximum absolute atomic E-state index is 14.6. The topological polar surface area (TPSA) is 84.7 Å². The van der Waals surface area contributed by atoms with Gasteiger partial charge in [-0.25, -0.2) is 13.6 Å². The van der Waals surface area contributed by atoms with Crippen molar-refractivity contribution in [2.24, 2.45) is 11.7 Å². The molecule has 0 spiro atoms. The molecule has 3 atom stereocenters. The molecule has 2 aliphatic heterocycles. The van der Waals surface area contributed by atoms with Crippen LogP contribution in [0.3, 0.4) is 0 Å². The number of halogens is 3. The second kappa shape index (κ2) is 7.75. The van der Waals surface area contributed by atoms with Crippen molar-refractivity contribution in [3.63, 3.8) is 0 Å². The van der Waals surface area contributed by atoms with Gasteiger partial charge in [-0.3, -0.25) is 4.79 Å². The number of hydrogen-bond acceptors (Lipinski definition) is 3. The highest BCUT2D eigenvalue weighted by atomic mass is 35.5. The standard InChI is InChI=1S/C17H20ClF2N3O3/c18-14-11(19)4-3-10(15(14)20)13(6-9-2-1-5-26-8-9)23-7-12(16(21)24)22-17(23)25/h3-4,9,12-13H,1-2,5-8H2,(H2,21,24)(H,22,25)/t9-,12?,13+/m1/s1. The Labute approximate surface area is 154 Å². The molecule has 1 unspecified atom stereocenters. The van der Waals surface area contributed by atoms with Gasteiger partial charge >= 0.3 is 6.03 Å². The lowest BCUT2D eigenvalue weighted by Crippen LogP contribution is -2.39. The van der Waals surface area contributed by atoms with Gasteiger partial charge in [0.2, 0.25) is 5.91 Å². The first-order valence-electron chi connectivity index (χ1n) is 8.46. The number of carbonyl (C=O) groups is 2. The van der Waals surface area contributed by atoms with Crippen LogP contribution < -0.4 is 11.1 Å². The molecule has 2 fully saturated rings. The van der Waals surface area contributed by atoms with Crippen molar-refractivity contribution >= 4 is 23.5 Å². The van der Waals surface area contributed by atoms with Crippen LogP contribution in [0.5, 0.6) is 0 Å². The molecule has 3 N–H and O–H groups in total. The number of carbonyl (C=O) groups excluding carboxylic acids is 2. The van der Waals surface area contributed by atoms with Crippen LogP contribution in [0, 0.1) is 17.6 Å². The summed E-state index contributed by atoms with van der Waals surface area (Å²) in [5, 5.41) is 1.88. The third-order valence-electron chi connectivity index (χ3n) is 4.89. The largest absolute Gasteiger partial charge is 0.381 e. The van der Waals surface area contributed by atoms with E-state index >= 15 is 0 Å². The quantitative estimate of drug-likeness (QED) is 0.760. The van der Waals surface area contributed by atoms with E-state index in [-0.39, 0.29) is 18.0 Å². The van der Waals surface area contributed by atoms with E-state index in [4.69, 9.17) is 22.1 Å². The van der Waals surface area contributed by atoms with Gasteiger partial charge in [0.25, 0.3) is 0 Å². The van der Waals surface area contributed by atoms with E-state index in [0.29, 0.717) is 19.6 Å². The van der Waals surface area contributed by atoms with Crippen molar-refractivity contribution in [1.29, 1.82) is 0 Å². The molecule has 0 bridgehead atoms. The number of rotatable bonds is 5. The molecule has 1 aromatic carbocycles. The summed E-state index contributed by atoms with van der Waals surface area (Å²) < 4.78 is 33.7. The second-order valence-electron chi connectivity index (χ2n) is 6.66. The van der Waals surface area contributed by atoms with Crippen LogP contribution in [0.4, 0.5) is 13.6 Å². The molecule has 6 nitrogen and oxygen atoms in total. The van der Waals surface area contributed by atoms with Crippen molar-refractivity contribution in [2.75, 3.05) is 19.8 Å². The van der Waals surface area contributed by atoms with Gasteiger partial charge in [-0.05, 0) is 31.2 Å². The molecule has 9 heteroatoms. The van der Waals surface area contributed by atoms with Crippen molar-refractivity contribution in [2.45, 2.75) is 31.3 Å². The Morgan fingerprint density at radius 2 is 2.23 bits per heavy atom. The zero-order chi connectivity index (χ0) is 18.8. The van der Waals surface area contributed by atoms with Gasteiger partial charge in [0, 0.05) is 18.8 Å². The molecular weight excluding hydrogens is 368 g/mol. The average molecular weight is 388 g/mol. The fourth-order valence-corrected chi connectivity index (χ4v) is 3.69. The van der Waals surface area contributed by atoms with E-state index in [9.17, 15) is 18.4 Å². The molecule has 2 saturated heterocycles. The summed E-state index contributed by atoms with van der Waals surface area (Å²) in [6.45, 7) is 1.19. The Bertz CT molecular complexity index is 713. The number of primary amides is 1. The van der Waals surface area contributed by atoms with Gasteiger partial charge in [0.05, 0.1) is 12.6 Å². The van der Waals surface area contributed by atoms with Crippen LogP contribution in [0.2, 0.25) is 5.02 Å². The summed E-state index contributed by atoms with van der Waals surface area (Å²) in [6, 6.07) is 0.284. The fraction of sp³-hybridized carbons (Fsp3) is 0.529. The zero-order valence-corrected chi connectivity index (χ0v) is 14.8. The van der Waals surface area contributed by atoms with Crippen LogP contribution in [0.25, 0.3) is 0 Å². The van der Waals surface area contributed by atoms with Crippen molar-refractivity contribution in [3.8, 4) is 0 Å². The van der Waals surface area contributed by atoms with Gasteiger partial charge in [0.1, 0.15) is 22.7 Å². The van der Waals surface area contributed by atoms with Crippen LogP contribution in [0.15, 0.2) is 12.1 Å². The highest BCUT2D eigenvalue weighted by molar-refractivity contribution is 6.31. The summed E-state index contributed by atoms with van der Waals surface area (Å²) in [7, 11) is 0. The average Bonchev–Trinajstić information content (AvgIpc) is 3.01. The predicted molar refractivity (Wildman–Crippen MR) is 90.5 cm³/mol. The highest BCUT2D eigenvalue weighted by Gasteiger charge is 2.39. The number of ether oxygens (including phenoxy) is 1. The molecule has 2 aliphatic rings. The minimum atomic E-state index is -0.899. The molecule has 26 heavy (non-hydrogen) atoms. The number of benzene rings is 1. The Morgan fingerprint density at radius 1 is 1.46 bits per heavy atom. The number of urea groups is 1. The van der Waals surface area contributed by atoms with E-state index in [1.165, 1.54) is 11.0 Å². The molecule has 2 heterocycles. The fourth-order valence-electron chi connectivity index (χ4n) is 3.52. The first-order valence-corrected chi connectivity index (χ1v) is 8.84. The van der Waals surface area contributed by atoms with E-state index in [1.807, 2.05) is 0 Å². The lowest BCUT2D eigenvalue weighted by molar-refractivity contribution is -0.119. The number of nitrogens with one attached hydrogen (secondary N) is 1. The van der Waals surface area contributed by atoms with Crippen molar-refractivity contribution in [3.05, 3.63) is 34.4 Å². The smallest absolute Gasteiger partial charge is 0.318 e. The molecule has 3 amide bonds. The molecular formula is C17H20ClF2N3O3. The maximum Gasteiger partial charge on any atom is 0.318 e. The normalized spacial score (nSPS) is 24.4. The van der Waals surface area contributed by atoms with Crippen molar-refractivity contribution in [1.82, 2.24) is 10.2 Å². The summed E-state index contributed by atoms with van der Waals surface area (Å²) >= 11 is 5.72. The van der Waals surface area contributed by atoms with Gasteiger partial charge in [0.15, 0.2) is 0 Å². The Hall–Kier alpha value is -1.93. The minimum absolute atomic E-state index is 0.0147. The molecule has 0 aromatic heterocycles. The lowest BCUT2D eigenvalue weighted by atomic mass is 9.89. The number of nitrogens with two attached hydrogens (primary N) is 1. The van der Waals surface area contributed by atoms with E-state index in [2.05, 4.69) is 5.32 Å². The van der Waals surface area contributed by atoms with Gasteiger partial charge in [-0.2, -0.15) is 0 Å². The summed E-state index contributed by atoms with van der Waals surface area (Å²) in [4.78, 5) is 25.1. The van der Waals surface area contributed by atoms with E-state index < -0.39 is 40.7 Å². The SMILES string of the molecule is NC(=O)C1CN([C@@H](C[C@H]2CCCOC2)c2ccc(F)c(Cl)c2F)C(=O)N1. The molecule has 3 rings (SSSR count). The van der Waals surface area contributed by atoms with Crippen LogP contribution in [0.1, 0.15) is 30.9 Å². The number of nitrogens with zero attached hydrogens (tertiary/aromatic N) is 1. The van der Waals surface area contributed by atoms with Crippen LogP contribution in [-0.2, 0) is 9.53 Å². The van der Waals surface area contributed by atoms with E-state index in [0.717, 1.165) is 18.9 Å². The first kappa shape index (κ1) is 18.8. The number of amides is 3. The Balaban J connectivity index is 1.93. The Morgan fingerprint density at radius 3 is 2.85 bits per heavy atom. The predicted octanol–water partition coefficient (Wildman–Crippen LogP) is 2.36. The van der Waals surface area contributed by atoms with Crippen LogP contribution in [-0.4, -0.2) is 42.6 Å². The van der Waals surface area contributed by atoms with E-state index in [1.54, 1.807) is 0 Å². The summed E-state index contributed by atoms with van der Waals surface area (Å²) in [5.74, 6) is -2.33. The molecule has 0 radical (unpaired) electrons. The third-order valence-corrected chi connectivity index (χ3v) is 5.24.